The Bertz CT molecular complexity index is 859. The van der Waals surface area contributed by atoms with Crippen molar-refractivity contribution in [3.63, 3.8) is 0 Å². The molecule has 3 rings (SSSR count). The zero-order chi connectivity index (χ0) is 19.9. The average molecular weight is 377 g/mol. The van der Waals surface area contributed by atoms with Crippen LogP contribution in [0.3, 0.4) is 0 Å². The molecule has 1 aliphatic rings. The fourth-order valence-corrected chi connectivity index (χ4v) is 3.65. The van der Waals surface area contributed by atoms with Gasteiger partial charge in [-0.3, -0.25) is 9.59 Å². The maximum absolute atomic E-state index is 12.8. The Morgan fingerprint density at radius 3 is 2.68 bits per heavy atom. The molecule has 4 nitrogen and oxygen atoms in total. The van der Waals surface area contributed by atoms with Crippen LogP contribution in [0.5, 0.6) is 0 Å². The quantitative estimate of drug-likeness (QED) is 0.736. The van der Waals surface area contributed by atoms with Gasteiger partial charge in [0.05, 0.1) is 5.92 Å². The standard InChI is InChI=1S/C24H28N2O2/c1-3-4-13-23(27)26-14-7-11-21(17-26)24(28)25-22-12-6-10-20(16-22)19-9-5-8-18(2)15-19/h3,5-6,8-10,12,15-16,21H,1,4,7,11,13-14,17H2,2H3,(H,25,28). The lowest BCUT2D eigenvalue weighted by Crippen LogP contribution is -2.43. The van der Waals surface area contributed by atoms with Crippen LogP contribution < -0.4 is 5.32 Å². The van der Waals surface area contributed by atoms with Crippen LogP contribution in [0.1, 0.15) is 31.2 Å². The number of carbonyl (C=O) groups is 2. The molecule has 1 saturated heterocycles. The molecule has 4 heteroatoms. The van der Waals surface area contributed by atoms with Crippen molar-refractivity contribution in [1.82, 2.24) is 4.90 Å². The van der Waals surface area contributed by atoms with Crippen molar-refractivity contribution < 1.29 is 9.59 Å². The van der Waals surface area contributed by atoms with Crippen LogP contribution in [-0.4, -0.2) is 29.8 Å². The number of carbonyl (C=O) groups excluding carboxylic acids is 2. The summed E-state index contributed by atoms with van der Waals surface area (Å²) in [7, 11) is 0. The van der Waals surface area contributed by atoms with E-state index in [9.17, 15) is 9.59 Å². The number of nitrogens with one attached hydrogen (secondary N) is 1. The Kier molecular flexibility index (Phi) is 6.64. The van der Waals surface area contributed by atoms with E-state index in [0.29, 0.717) is 19.4 Å². The largest absolute Gasteiger partial charge is 0.342 e. The first-order valence-electron chi connectivity index (χ1n) is 9.93. The Morgan fingerprint density at radius 2 is 1.93 bits per heavy atom. The maximum Gasteiger partial charge on any atom is 0.229 e. The molecule has 2 amide bonds. The first-order valence-corrected chi connectivity index (χ1v) is 9.93. The third-order valence-corrected chi connectivity index (χ3v) is 5.19. The minimum absolute atomic E-state index is 0.0115. The number of likely N-dealkylation sites (tertiary alicyclic amines) is 1. The van der Waals surface area contributed by atoms with Crippen LogP contribution in [0.25, 0.3) is 11.1 Å². The van der Waals surface area contributed by atoms with Gasteiger partial charge in [-0.15, -0.1) is 6.58 Å². The summed E-state index contributed by atoms with van der Waals surface area (Å²) >= 11 is 0. The van der Waals surface area contributed by atoms with Gasteiger partial charge >= 0.3 is 0 Å². The van der Waals surface area contributed by atoms with E-state index in [1.54, 1.807) is 6.08 Å². The van der Waals surface area contributed by atoms with E-state index in [0.717, 1.165) is 36.2 Å². The number of benzene rings is 2. The minimum Gasteiger partial charge on any atom is -0.342 e. The zero-order valence-corrected chi connectivity index (χ0v) is 16.5. The summed E-state index contributed by atoms with van der Waals surface area (Å²) in [6, 6.07) is 16.2. The molecule has 0 spiro atoms. The summed E-state index contributed by atoms with van der Waals surface area (Å²) < 4.78 is 0. The van der Waals surface area contributed by atoms with Gasteiger partial charge in [0.2, 0.25) is 11.8 Å². The smallest absolute Gasteiger partial charge is 0.229 e. The lowest BCUT2D eigenvalue weighted by Gasteiger charge is -2.32. The second kappa shape index (κ2) is 9.36. The number of amides is 2. The average Bonchev–Trinajstić information content (AvgIpc) is 2.72. The van der Waals surface area contributed by atoms with Gasteiger partial charge in [0.15, 0.2) is 0 Å². The SMILES string of the molecule is C=CCCC(=O)N1CCCC(C(=O)Nc2cccc(-c3cccc(C)c3)c2)C1. The van der Waals surface area contributed by atoms with E-state index in [-0.39, 0.29) is 17.7 Å². The van der Waals surface area contributed by atoms with Gasteiger partial charge in [0, 0.05) is 25.2 Å². The van der Waals surface area contributed by atoms with E-state index in [1.165, 1.54) is 5.56 Å². The van der Waals surface area contributed by atoms with Crippen molar-refractivity contribution in [2.45, 2.75) is 32.6 Å². The Morgan fingerprint density at radius 1 is 1.18 bits per heavy atom. The fourth-order valence-electron chi connectivity index (χ4n) is 3.65. The summed E-state index contributed by atoms with van der Waals surface area (Å²) in [5.41, 5.74) is 4.20. The highest BCUT2D eigenvalue weighted by atomic mass is 16.2. The highest BCUT2D eigenvalue weighted by molar-refractivity contribution is 5.93. The van der Waals surface area contributed by atoms with Crippen molar-refractivity contribution in [2.75, 3.05) is 18.4 Å². The summed E-state index contributed by atoms with van der Waals surface area (Å²) in [4.78, 5) is 26.9. The number of nitrogens with zero attached hydrogens (tertiary/aromatic N) is 1. The first kappa shape index (κ1) is 19.9. The molecule has 0 saturated carbocycles. The van der Waals surface area contributed by atoms with Gasteiger partial charge in [-0.25, -0.2) is 0 Å². The third kappa shape index (κ3) is 5.10. The van der Waals surface area contributed by atoms with Gasteiger partial charge in [-0.2, -0.15) is 0 Å². The monoisotopic (exact) mass is 376 g/mol. The van der Waals surface area contributed by atoms with Crippen molar-refractivity contribution in [3.8, 4) is 11.1 Å². The van der Waals surface area contributed by atoms with Crippen LogP contribution >= 0.6 is 0 Å². The van der Waals surface area contributed by atoms with Crippen molar-refractivity contribution in [2.24, 2.45) is 5.92 Å². The van der Waals surface area contributed by atoms with Gasteiger partial charge in [0.25, 0.3) is 0 Å². The van der Waals surface area contributed by atoms with Crippen LogP contribution in [-0.2, 0) is 9.59 Å². The van der Waals surface area contributed by atoms with Gasteiger partial charge in [-0.1, -0.05) is 48.0 Å². The van der Waals surface area contributed by atoms with E-state index in [2.05, 4.69) is 37.0 Å². The number of hydrogen-bond donors (Lipinski definition) is 1. The second-order valence-electron chi connectivity index (χ2n) is 7.45. The molecule has 1 fully saturated rings. The van der Waals surface area contributed by atoms with E-state index < -0.39 is 0 Å². The Labute approximate surface area is 167 Å². The highest BCUT2D eigenvalue weighted by Gasteiger charge is 2.28. The number of piperidine rings is 1. The van der Waals surface area contributed by atoms with Crippen molar-refractivity contribution in [1.29, 1.82) is 0 Å². The Balaban J connectivity index is 1.65. The molecule has 1 unspecified atom stereocenters. The van der Waals surface area contributed by atoms with Crippen LogP contribution in [0.15, 0.2) is 61.2 Å². The third-order valence-electron chi connectivity index (χ3n) is 5.19. The summed E-state index contributed by atoms with van der Waals surface area (Å²) in [5.74, 6) is -0.0643. The van der Waals surface area contributed by atoms with Crippen LogP contribution in [0.2, 0.25) is 0 Å². The van der Waals surface area contributed by atoms with E-state index in [4.69, 9.17) is 0 Å². The molecular formula is C24H28N2O2. The number of anilines is 1. The van der Waals surface area contributed by atoms with Crippen molar-refractivity contribution >= 4 is 17.5 Å². The molecule has 0 bridgehead atoms. The van der Waals surface area contributed by atoms with Crippen molar-refractivity contribution in [3.05, 3.63) is 66.7 Å². The molecule has 1 atom stereocenters. The van der Waals surface area contributed by atoms with E-state index >= 15 is 0 Å². The summed E-state index contributed by atoms with van der Waals surface area (Å²) in [5, 5.41) is 3.05. The summed E-state index contributed by atoms with van der Waals surface area (Å²) in [6.07, 6.45) is 4.58. The molecular weight excluding hydrogens is 348 g/mol. The van der Waals surface area contributed by atoms with Gasteiger partial charge < -0.3 is 10.2 Å². The second-order valence-corrected chi connectivity index (χ2v) is 7.45. The lowest BCUT2D eigenvalue weighted by atomic mass is 9.96. The number of hydrogen-bond acceptors (Lipinski definition) is 2. The van der Waals surface area contributed by atoms with Crippen LogP contribution in [0.4, 0.5) is 5.69 Å². The molecule has 1 aliphatic heterocycles. The Hall–Kier alpha value is -2.88. The van der Waals surface area contributed by atoms with E-state index in [1.807, 2.05) is 35.2 Å². The molecule has 2 aromatic carbocycles. The molecule has 1 heterocycles. The molecule has 146 valence electrons. The lowest BCUT2D eigenvalue weighted by molar-refractivity contribution is -0.134. The number of allylic oxidation sites excluding steroid dienone is 1. The predicted octanol–water partition coefficient (Wildman–Crippen LogP) is 4.81. The predicted molar refractivity (Wildman–Crippen MR) is 114 cm³/mol. The maximum atomic E-state index is 12.8. The fraction of sp³-hybridized carbons (Fsp3) is 0.333. The van der Waals surface area contributed by atoms with Gasteiger partial charge in [-0.05, 0) is 49.4 Å². The molecule has 2 aromatic rings. The number of aryl methyl sites for hydroxylation is 1. The zero-order valence-electron chi connectivity index (χ0n) is 16.5. The molecule has 0 radical (unpaired) electrons. The first-order chi connectivity index (χ1) is 13.6. The molecule has 0 aliphatic carbocycles. The molecule has 1 N–H and O–H groups in total. The van der Waals surface area contributed by atoms with Crippen LogP contribution in [0, 0.1) is 12.8 Å². The molecule has 0 aromatic heterocycles. The minimum atomic E-state index is -0.163. The van der Waals surface area contributed by atoms with Gasteiger partial charge in [0.1, 0.15) is 0 Å². The topological polar surface area (TPSA) is 49.4 Å². The highest BCUT2D eigenvalue weighted by Crippen LogP contribution is 2.25. The normalized spacial score (nSPS) is 16.5. The molecule has 28 heavy (non-hydrogen) atoms. The number of rotatable bonds is 6. The summed E-state index contributed by atoms with van der Waals surface area (Å²) in [6.45, 7) is 6.97.